The Balaban J connectivity index is 2.59. The summed E-state index contributed by atoms with van der Waals surface area (Å²) in [5.41, 5.74) is 2.19. The Hall–Kier alpha value is -1.95. The second-order valence-electron chi connectivity index (χ2n) is 5.03. The lowest BCUT2D eigenvalue weighted by Gasteiger charge is -2.25. The third kappa shape index (κ3) is 2.29. The molecule has 1 saturated heterocycles. The van der Waals surface area contributed by atoms with Gasteiger partial charge < -0.3 is 20.7 Å². The number of nitrogens with zero attached hydrogens (tertiary/aromatic N) is 2. The Labute approximate surface area is 120 Å². The van der Waals surface area contributed by atoms with Gasteiger partial charge in [-0.2, -0.15) is 4.98 Å². The lowest BCUT2D eigenvalue weighted by Crippen LogP contribution is -2.45. The highest BCUT2D eigenvalue weighted by Gasteiger charge is 2.59. The van der Waals surface area contributed by atoms with Crippen molar-refractivity contribution in [2.24, 2.45) is 0 Å². The first-order valence-electron chi connectivity index (χ1n) is 6.26. The molecule has 0 bridgehead atoms. The van der Waals surface area contributed by atoms with Crippen molar-refractivity contribution in [2.45, 2.75) is 44.1 Å². The highest BCUT2D eigenvalue weighted by Crippen LogP contribution is 2.42. The van der Waals surface area contributed by atoms with Crippen LogP contribution in [0.2, 0.25) is 0 Å². The summed E-state index contributed by atoms with van der Waals surface area (Å²) < 4.78 is 21.1. The van der Waals surface area contributed by atoms with Gasteiger partial charge in [0.15, 0.2) is 6.23 Å². The molecule has 0 amide bonds. The van der Waals surface area contributed by atoms with E-state index < -0.39 is 35.9 Å². The zero-order chi connectivity index (χ0) is 15.9. The molecule has 4 N–H and O–H groups in total. The Kier molecular flexibility index (Phi) is 3.76. The van der Waals surface area contributed by atoms with Gasteiger partial charge in [0, 0.05) is 5.69 Å². The lowest BCUT2D eigenvalue weighted by atomic mass is 9.95. The number of aliphatic hydroxyl groups is 2. The first-order chi connectivity index (χ1) is 9.72. The maximum atomic E-state index is 14.9. The van der Waals surface area contributed by atoms with Crippen molar-refractivity contribution in [3.63, 3.8) is 0 Å². The minimum atomic E-state index is -2.67. The number of aryl methyl sites for hydroxylation is 1. The summed E-state index contributed by atoms with van der Waals surface area (Å²) in [6.07, 6.45) is -0.648. The van der Waals surface area contributed by atoms with Crippen molar-refractivity contribution in [3.8, 4) is 12.3 Å². The number of rotatable bonds is 2. The van der Waals surface area contributed by atoms with Crippen LogP contribution in [-0.4, -0.2) is 43.7 Å². The molecule has 1 aliphatic rings. The van der Waals surface area contributed by atoms with Gasteiger partial charge >= 0.3 is 5.69 Å². The van der Waals surface area contributed by atoms with Gasteiger partial charge in [0.05, 0.1) is 6.10 Å². The number of alkyl halides is 1. The molecule has 2 heterocycles. The highest BCUT2D eigenvalue weighted by molar-refractivity contribution is 5.29. The maximum Gasteiger partial charge on any atom is 0.351 e. The van der Waals surface area contributed by atoms with Crippen LogP contribution in [0.25, 0.3) is 0 Å². The summed E-state index contributed by atoms with van der Waals surface area (Å²) in [6.45, 7) is 2.83. The van der Waals surface area contributed by atoms with E-state index in [1.807, 2.05) is 5.92 Å². The number of anilines is 1. The van der Waals surface area contributed by atoms with Crippen molar-refractivity contribution in [3.05, 3.63) is 22.2 Å². The fourth-order valence-electron chi connectivity index (χ4n) is 2.41. The molecule has 0 saturated carbocycles. The zero-order valence-electron chi connectivity index (χ0n) is 11.5. The molecule has 0 aromatic carbocycles. The molecule has 1 aromatic rings. The molecule has 114 valence electrons. The molecule has 0 aliphatic carbocycles. The molecule has 0 spiro atoms. The number of nitrogens with two attached hydrogens (primary N) is 1. The SMILES string of the molecule is C#CC1(F)[C@@H](O)[C@@H]([C@H](C)O)O[C@H]1n1c(C)cc(N)nc1=O. The number of aromatic nitrogens is 2. The monoisotopic (exact) mass is 297 g/mol. The van der Waals surface area contributed by atoms with Crippen LogP contribution in [-0.2, 0) is 4.74 Å². The third-order valence-corrected chi connectivity index (χ3v) is 3.49. The van der Waals surface area contributed by atoms with Crippen molar-refractivity contribution >= 4 is 5.82 Å². The van der Waals surface area contributed by atoms with E-state index >= 15 is 0 Å². The van der Waals surface area contributed by atoms with Gasteiger partial charge in [-0.15, -0.1) is 6.42 Å². The van der Waals surface area contributed by atoms with Crippen LogP contribution in [0, 0.1) is 19.3 Å². The summed E-state index contributed by atoms with van der Waals surface area (Å²) in [4.78, 5) is 15.4. The second kappa shape index (κ2) is 5.11. The molecular weight excluding hydrogens is 281 g/mol. The minimum Gasteiger partial charge on any atom is -0.391 e. The average Bonchev–Trinajstić information content (AvgIpc) is 2.63. The topological polar surface area (TPSA) is 111 Å². The average molecular weight is 297 g/mol. The fraction of sp³-hybridized carbons (Fsp3) is 0.538. The van der Waals surface area contributed by atoms with Crippen LogP contribution < -0.4 is 11.4 Å². The predicted molar refractivity (Wildman–Crippen MR) is 71.9 cm³/mol. The number of terminal acetylenes is 1. The van der Waals surface area contributed by atoms with Gasteiger partial charge in [0.1, 0.15) is 18.0 Å². The van der Waals surface area contributed by atoms with Gasteiger partial charge in [0.2, 0.25) is 5.67 Å². The van der Waals surface area contributed by atoms with Crippen molar-refractivity contribution < 1.29 is 19.3 Å². The van der Waals surface area contributed by atoms with Crippen molar-refractivity contribution in [2.75, 3.05) is 5.73 Å². The highest BCUT2D eigenvalue weighted by atomic mass is 19.1. The first kappa shape index (κ1) is 15.4. The zero-order valence-corrected chi connectivity index (χ0v) is 11.5. The fourth-order valence-corrected chi connectivity index (χ4v) is 2.41. The summed E-state index contributed by atoms with van der Waals surface area (Å²) in [5, 5.41) is 19.5. The molecule has 2 rings (SSSR count). The van der Waals surface area contributed by atoms with Crippen LogP contribution in [0.4, 0.5) is 10.2 Å². The Morgan fingerprint density at radius 3 is 2.81 bits per heavy atom. The van der Waals surface area contributed by atoms with Gasteiger partial charge in [-0.25, -0.2) is 9.18 Å². The van der Waals surface area contributed by atoms with Crippen LogP contribution in [0.3, 0.4) is 0 Å². The van der Waals surface area contributed by atoms with Gasteiger partial charge in [-0.3, -0.25) is 4.57 Å². The van der Waals surface area contributed by atoms with E-state index in [4.69, 9.17) is 16.9 Å². The van der Waals surface area contributed by atoms with Crippen LogP contribution >= 0.6 is 0 Å². The Bertz CT molecular complexity index is 654. The van der Waals surface area contributed by atoms with Crippen molar-refractivity contribution in [1.82, 2.24) is 9.55 Å². The summed E-state index contributed by atoms with van der Waals surface area (Å²) in [6, 6.07) is 1.35. The van der Waals surface area contributed by atoms with Gasteiger partial charge in [-0.1, -0.05) is 5.92 Å². The lowest BCUT2D eigenvalue weighted by molar-refractivity contribution is -0.0808. The van der Waals surface area contributed by atoms with Crippen LogP contribution in [0.15, 0.2) is 10.9 Å². The normalized spacial score (nSPS) is 33.6. The van der Waals surface area contributed by atoms with Gasteiger partial charge in [0.25, 0.3) is 0 Å². The molecule has 7 nitrogen and oxygen atoms in total. The summed E-state index contributed by atoms with van der Waals surface area (Å²) >= 11 is 0. The van der Waals surface area contributed by atoms with Crippen LogP contribution in [0.5, 0.6) is 0 Å². The van der Waals surface area contributed by atoms with Crippen LogP contribution in [0.1, 0.15) is 18.8 Å². The van der Waals surface area contributed by atoms with E-state index in [0.29, 0.717) is 0 Å². The van der Waals surface area contributed by atoms with E-state index in [9.17, 15) is 19.4 Å². The number of nitrogen functional groups attached to an aromatic ring is 1. The summed E-state index contributed by atoms with van der Waals surface area (Å²) in [7, 11) is 0. The molecule has 5 atom stereocenters. The second-order valence-corrected chi connectivity index (χ2v) is 5.03. The molecule has 1 fully saturated rings. The number of ether oxygens (including phenoxy) is 1. The standard InChI is InChI=1S/C13H16FN3O4/c1-4-13(14)10(19)9(7(3)18)21-11(13)17-6(2)5-8(15)16-12(17)20/h1,5,7,9-11,18-19H,2-3H3,(H2,15,16,20)/t7-,9+,10-,11+,13?/m0/s1. The molecular formula is C13H16FN3O4. The molecule has 1 unspecified atom stereocenters. The van der Waals surface area contributed by atoms with E-state index in [1.165, 1.54) is 19.9 Å². The van der Waals surface area contributed by atoms with E-state index in [1.54, 1.807) is 0 Å². The largest absolute Gasteiger partial charge is 0.391 e. The number of aliphatic hydroxyl groups excluding tert-OH is 2. The number of hydrogen-bond acceptors (Lipinski definition) is 6. The van der Waals surface area contributed by atoms with Crippen molar-refractivity contribution in [1.29, 1.82) is 0 Å². The third-order valence-electron chi connectivity index (χ3n) is 3.49. The molecule has 21 heavy (non-hydrogen) atoms. The molecule has 0 radical (unpaired) electrons. The Morgan fingerprint density at radius 2 is 2.33 bits per heavy atom. The predicted octanol–water partition coefficient (Wildman–Crippen LogP) is -0.885. The Morgan fingerprint density at radius 1 is 1.71 bits per heavy atom. The quantitative estimate of drug-likeness (QED) is 0.611. The van der Waals surface area contributed by atoms with E-state index in [0.717, 1.165) is 4.57 Å². The minimum absolute atomic E-state index is 0.0236. The molecule has 8 heteroatoms. The first-order valence-corrected chi connectivity index (χ1v) is 6.26. The molecule has 1 aromatic heterocycles. The molecule has 1 aliphatic heterocycles. The van der Waals surface area contributed by atoms with Gasteiger partial charge in [-0.05, 0) is 19.9 Å². The maximum absolute atomic E-state index is 14.9. The number of halogens is 1. The summed E-state index contributed by atoms with van der Waals surface area (Å²) in [5.74, 6) is 1.80. The van der Waals surface area contributed by atoms with E-state index in [-0.39, 0.29) is 11.5 Å². The smallest absolute Gasteiger partial charge is 0.351 e. The number of hydrogen-bond donors (Lipinski definition) is 3. The van der Waals surface area contributed by atoms with E-state index in [2.05, 4.69) is 4.98 Å².